The van der Waals surface area contributed by atoms with Crippen molar-refractivity contribution in [3.8, 4) is 5.75 Å². The molecule has 1 aromatic heterocycles. The van der Waals surface area contributed by atoms with Crippen LogP contribution in [0.5, 0.6) is 5.75 Å². The number of hydrogen-bond donors (Lipinski definition) is 1. The van der Waals surface area contributed by atoms with Gasteiger partial charge in [0.25, 0.3) is 5.91 Å². The fraction of sp³-hybridized carbons (Fsp3) is 0.667. The predicted molar refractivity (Wildman–Crippen MR) is 91.7 cm³/mol. The van der Waals surface area contributed by atoms with Gasteiger partial charge in [-0.3, -0.25) is 9.69 Å². The van der Waals surface area contributed by atoms with Crippen molar-refractivity contribution in [1.82, 2.24) is 15.1 Å². The number of amides is 1. The second-order valence-electron chi connectivity index (χ2n) is 5.91. The summed E-state index contributed by atoms with van der Waals surface area (Å²) in [6, 6.07) is 1.87. The van der Waals surface area contributed by atoms with Crippen LogP contribution in [0.15, 0.2) is 6.07 Å². The second-order valence-corrected chi connectivity index (χ2v) is 7.16. The Kier molecular flexibility index (Phi) is 6.79. The van der Waals surface area contributed by atoms with E-state index in [1.165, 1.54) is 17.4 Å². The molecule has 1 amide bonds. The van der Waals surface area contributed by atoms with E-state index in [4.69, 9.17) is 0 Å². The Bertz CT molecular complexity index is 567. The van der Waals surface area contributed by atoms with Crippen molar-refractivity contribution in [1.29, 1.82) is 0 Å². The van der Waals surface area contributed by atoms with Crippen molar-refractivity contribution in [2.75, 3.05) is 39.3 Å². The van der Waals surface area contributed by atoms with Crippen LogP contribution in [0, 0.1) is 6.92 Å². The summed E-state index contributed by atoms with van der Waals surface area (Å²) in [5.74, 6) is -0.200. The van der Waals surface area contributed by atoms with Crippen LogP contribution >= 0.6 is 23.7 Å². The summed E-state index contributed by atoms with van der Waals surface area (Å²) in [7, 11) is 0. The van der Waals surface area contributed by atoms with Crippen LogP contribution in [0.2, 0.25) is 0 Å². The molecule has 9 heteroatoms. The summed E-state index contributed by atoms with van der Waals surface area (Å²) in [4.78, 5) is 17.9. The molecule has 0 aromatic carbocycles. The number of thiophene rings is 1. The van der Waals surface area contributed by atoms with E-state index in [0.717, 1.165) is 37.5 Å². The number of nitrogens with one attached hydrogen (secondary N) is 1. The summed E-state index contributed by atoms with van der Waals surface area (Å²) in [5, 5.41) is 3.32. The first-order valence-electron chi connectivity index (χ1n) is 7.84. The highest BCUT2D eigenvalue weighted by molar-refractivity contribution is 7.14. The highest BCUT2D eigenvalue weighted by atomic mass is 35.5. The number of rotatable bonds is 4. The first kappa shape index (κ1) is 19.4. The first-order chi connectivity index (χ1) is 11.0. The first-order valence-corrected chi connectivity index (χ1v) is 8.65. The SMILES string of the molecule is Cc1cc(OC(F)F)c(C(=O)N2CCC(N3CCNCC3)C2)s1.Cl. The van der Waals surface area contributed by atoms with Crippen LogP contribution < -0.4 is 10.1 Å². The molecule has 24 heavy (non-hydrogen) atoms. The Labute approximate surface area is 150 Å². The molecule has 3 heterocycles. The average Bonchev–Trinajstić information content (AvgIpc) is 3.14. The van der Waals surface area contributed by atoms with Crippen LogP contribution in [0.25, 0.3) is 0 Å². The minimum atomic E-state index is -2.91. The molecule has 1 unspecified atom stereocenters. The summed E-state index contributed by atoms with van der Waals surface area (Å²) in [6.07, 6.45) is 0.932. The van der Waals surface area contributed by atoms with Gasteiger partial charge in [-0.05, 0) is 19.4 Å². The molecule has 5 nitrogen and oxygen atoms in total. The van der Waals surface area contributed by atoms with Gasteiger partial charge in [0.1, 0.15) is 10.6 Å². The lowest BCUT2D eigenvalue weighted by Crippen LogP contribution is -2.49. The van der Waals surface area contributed by atoms with E-state index < -0.39 is 6.61 Å². The zero-order valence-electron chi connectivity index (χ0n) is 13.5. The molecule has 1 atom stereocenters. The van der Waals surface area contributed by atoms with E-state index in [2.05, 4.69) is 15.0 Å². The Hall–Kier alpha value is -0.960. The molecular weight excluding hydrogens is 360 g/mol. The molecule has 3 rings (SSSR count). The fourth-order valence-electron chi connectivity index (χ4n) is 3.24. The molecule has 0 bridgehead atoms. The lowest BCUT2D eigenvalue weighted by molar-refractivity contribution is -0.0499. The van der Waals surface area contributed by atoms with E-state index in [-0.39, 0.29) is 28.9 Å². The van der Waals surface area contributed by atoms with Crippen LogP contribution in [-0.4, -0.2) is 67.6 Å². The average molecular weight is 382 g/mol. The predicted octanol–water partition coefficient (Wildman–Crippen LogP) is 2.20. The minimum Gasteiger partial charge on any atom is -0.433 e. The summed E-state index contributed by atoms with van der Waals surface area (Å²) >= 11 is 1.21. The standard InChI is InChI=1S/C15H21F2N3O2S.ClH/c1-10-8-12(22-15(16)17)13(23-10)14(21)20-5-2-11(9-20)19-6-3-18-4-7-19;/h8,11,15,18H,2-7,9H2,1H3;1H. The third kappa shape index (κ3) is 4.36. The van der Waals surface area contributed by atoms with Gasteiger partial charge in [0.05, 0.1) is 0 Å². The molecule has 1 N–H and O–H groups in total. The van der Waals surface area contributed by atoms with Gasteiger partial charge in [-0.15, -0.1) is 23.7 Å². The smallest absolute Gasteiger partial charge is 0.387 e. The van der Waals surface area contributed by atoms with Crippen LogP contribution in [-0.2, 0) is 0 Å². The van der Waals surface area contributed by atoms with Gasteiger partial charge in [0.2, 0.25) is 0 Å². The Morgan fingerprint density at radius 3 is 2.75 bits per heavy atom. The molecule has 0 spiro atoms. The topological polar surface area (TPSA) is 44.8 Å². The molecule has 0 saturated carbocycles. The van der Waals surface area contributed by atoms with E-state index in [1.54, 1.807) is 11.8 Å². The van der Waals surface area contributed by atoms with E-state index in [0.29, 0.717) is 19.1 Å². The van der Waals surface area contributed by atoms with Gasteiger partial charge in [-0.2, -0.15) is 8.78 Å². The second kappa shape index (κ2) is 8.42. The number of carbonyl (C=O) groups is 1. The van der Waals surface area contributed by atoms with Crippen LogP contribution in [0.1, 0.15) is 21.0 Å². The number of hydrogen-bond acceptors (Lipinski definition) is 5. The molecule has 2 saturated heterocycles. The molecule has 136 valence electrons. The van der Waals surface area contributed by atoms with E-state index >= 15 is 0 Å². The Balaban J connectivity index is 0.00000208. The largest absolute Gasteiger partial charge is 0.433 e. The molecule has 0 aliphatic carbocycles. The summed E-state index contributed by atoms with van der Waals surface area (Å²) < 4.78 is 29.5. The lowest BCUT2D eigenvalue weighted by atomic mass is 10.2. The van der Waals surface area contributed by atoms with Crippen molar-refractivity contribution in [2.24, 2.45) is 0 Å². The molecule has 2 fully saturated rings. The maximum Gasteiger partial charge on any atom is 0.387 e. The molecule has 2 aliphatic rings. The van der Waals surface area contributed by atoms with Crippen molar-refractivity contribution in [3.63, 3.8) is 0 Å². The molecule has 2 aliphatic heterocycles. The summed E-state index contributed by atoms with van der Waals surface area (Å²) in [5.41, 5.74) is 0. The number of aryl methyl sites for hydroxylation is 1. The maximum absolute atomic E-state index is 12.7. The zero-order chi connectivity index (χ0) is 16.4. The zero-order valence-corrected chi connectivity index (χ0v) is 15.1. The van der Waals surface area contributed by atoms with Crippen molar-refractivity contribution in [2.45, 2.75) is 26.0 Å². The third-order valence-corrected chi connectivity index (χ3v) is 5.37. The Morgan fingerprint density at radius 1 is 1.38 bits per heavy atom. The van der Waals surface area contributed by atoms with Gasteiger partial charge >= 0.3 is 6.61 Å². The highest BCUT2D eigenvalue weighted by Gasteiger charge is 2.33. The Morgan fingerprint density at radius 2 is 2.08 bits per heavy atom. The van der Waals surface area contributed by atoms with Crippen molar-refractivity contribution < 1.29 is 18.3 Å². The number of likely N-dealkylation sites (tertiary alicyclic amines) is 1. The third-order valence-electron chi connectivity index (χ3n) is 4.35. The van der Waals surface area contributed by atoms with Gasteiger partial charge in [-0.25, -0.2) is 0 Å². The number of ether oxygens (including phenoxy) is 1. The fourth-order valence-corrected chi connectivity index (χ4v) is 4.15. The number of carbonyl (C=O) groups excluding carboxylic acids is 1. The van der Waals surface area contributed by atoms with Gasteiger partial charge in [0, 0.05) is 50.2 Å². The van der Waals surface area contributed by atoms with Gasteiger partial charge < -0.3 is 15.0 Å². The van der Waals surface area contributed by atoms with Gasteiger partial charge in [0.15, 0.2) is 0 Å². The molecule has 0 radical (unpaired) electrons. The number of nitrogens with zero attached hydrogens (tertiary/aromatic N) is 2. The maximum atomic E-state index is 12.7. The van der Waals surface area contributed by atoms with Crippen molar-refractivity contribution in [3.05, 3.63) is 15.8 Å². The summed E-state index contributed by atoms with van der Waals surface area (Å²) in [6.45, 7) is 4.12. The lowest BCUT2D eigenvalue weighted by Gasteiger charge is -2.32. The van der Waals surface area contributed by atoms with E-state index in [9.17, 15) is 13.6 Å². The number of halogens is 3. The van der Waals surface area contributed by atoms with Crippen LogP contribution in [0.4, 0.5) is 8.78 Å². The highest BCUT2D eigenvalue weighted by Crippen LogP contribution is 2.32. The monoisotopic (exact) mass is 381 g/mol. The molecular formula is C15H22ClF2N3O2S. The van der Waals surface area contributed by atoms with E-state index in [1.807, 2.05) is 0 Å². The number of piperazine rings is 1. The van der Waals surface area contributed by atoms with Crippen LogP contribution in [0.3, 0.4) is 0 Å². The van der Waals surface area contributed by atoms with Gasteiger partial charge in [-0.1, -0.05) is 0 Å². The quantitative estimate of drug-likeness (QED) is 0.868. The minimum absolute atomic E-state index is 0. The number of alkyl halides is 2. The van der Waals surface area contributed by atoms with Crippen molar-refractivity contribution >= 4 is 29.7 Å². The molecule has 1 aromatic rings. The normalized spacial score (nSPS) is 21.8.